The Kier molecular flexibility index (Phi) is 8.86. The first kappa shape index (κ1) is 31.3. The lowest BCUT2D eigenvalue weighted by atomic mass is 9.99. The molecule has 0 fully saturated rings. The quantitative estimate of drug-likeness (QED) is 0.0480. The predicted molar refractivity (Wildman–Crippen MR) is 170 cm³/mol. The van der Waals surface area contributed by atoms with Gasteiger partial charge in [0.05, 0.1) is 42.0 Å². The Morgan fingerprint density at radius 2 is 2.00 bits per heavy atom. The number of rotatable bonds is 9. The molecule has 3 aromatic heterocycles. The number of aryl methyl sites for hydroxylation is 1. The van der Waals surface area contributed by atoms with Crippen molar-refractivity contribution in [2.24, 2.45) is 10.9 Å². The van der Waals surface area contributed by atoms with Gasteiger partial charge in [0.2, 0.25) is 0 Å². The fraction of sp³-hybridized carbons (Fsp3) is 0.400. The van der Waals surface area contributed by atoms with Crippen LogP contribution in [0.1, 0.15) is 56.1 Å². The molecule has 0 saturated carbocycles. The molecule has 1 unspecified atom stereocenters. The first-order valence-corrected chi connectivity index (χ1v) is 17.1. The molecule has 0 radical (unpaired) electrons. The van der Waals surface area contributed by atoms with Crippen LogP contribution in [0.25, 0.3) is 22.3 Å². The maximum atomic E-state index is 13.6. The van der Waals surface area contributed by atoms with Gasteiger partial charge in [-0.3, -0.25) is 9.48 Å². The summed E-state index contributed by atoms with van der Waals surface area (Å²) < 4.78 is 14.6. The average Bonchev–Trinajstić information content (AvgIpc) is 3.38. The summed E-state index contributed by atoms with van der Waals surface area (Å²) in [6.45, 7) is 17.9. The van der Waals surface area contributed by atoms with Crippen molar-refractivity contribution >= 4 is 42.4 Å². The van der Waals surface area contributed by atoms with Gasteiger partial charge in [0.25, 0.3) is 0 Å². The highest BCUT2D eigenvalue weighted by molar-refractivity contribution is 6.74. The van der Waals surface area contributed by atoms with Gasteiger partial charge in [-0.05, 0) is 62.7 Å². The molecule has 4 aromatic rings. The zero-order valence-corrected chi connectivity index (χ0v) is 27.1. The minimum Gasteiger partial charge on any atom is -0.455 e. The van der Waals surface area contributed by atoms with E-state index in [2.05, 4.69) is 54.4 Å². The average molecular weight is 611 g/mol. The molecule has 3 heterocycles. The van der Waals surface area contributed by atoms with Crippen LogP contribution in [-0.4, -0.2) is 40.7 Å². The fourth-order valence-electron chi connectivity index (χ4n) is 4.48. The number of oxime groups is 1. The van der Waals surface area contributed by atoms with Crippen LogP contribution in [0.2, 0.25) is 23.3 Å². The monoisotopic (exact) mass is 610 g/mol. The number of hydrogen-bond donors (Lipinski definition) is 3. The van der Waals surface area contributed by atoms with Crippen LogP contribution >= 0.6 is 11.6 Å². The van der Waals surface area contributed by atoms with E-state index in [0.29, 0.717) is 46.7 Å². The number of nitrogens with two attached hydrogens (primary N) is 1. The SMILES string of the molecule is Cc1cc(C(C)Nc2ccc(Cl)nc2C(N)=NO)c2oc(-c3cnn(CCO[Si](C)(C)C(C)(C)C)c3)c(C)c(=O)c2c1. The zero-order chi connectivity index (χ0) is 31.0. The van der Waals surface area contributed by atoms with E-state index in [0.717, 1.165) is 11.1 Å². The zero-order valence-electron chi connectivity index (χ0n) is 25.4. The van der Waals surface area contributed by atoms with E-state index in [9.17, 15) is 10.0 Å². The lowest BCUT2D eigenvalue weighted by Gasteiger charge is -2.36. The Morgan fingerprint density at radius 1 is 1.29 bits per heavy atom. The summed E-state index contributed by atoms with van der Waals surface area (Å²) in [6.07, 6.45) is 3.59. The highest BCUT2D eigenvalue weighted by atomic mass is 35.5. The van der Waals surface area contributed by atoms with Crippen LogP contribution in [-0.2, 0) is 11.0 Å². The Hall–Kier alpha value is -3.67. The van der Waals surface area contributed by atoms with Crippen molar-refractivity contribution in [3.63, 3.8) is 0 Å². The summed E-state index contributed by atoms with van der Waals surface area (Å²) in [7, 11) is -1.87. The van der Waals surface area contributed by atoms with Gasteiger partial charge in [-0.25, -0.2) is 4.98 Å². The standard InChI is InChI=1S/C30H39ClN6O4Si/c1-17-13-21(19(3)34-23-9-10-24(31)35-25(23)29(32)36-39)28-22(14-17)26(38)18(2)27(41-28)20-15-33-37(16-20)11-12-40-42(7,8)30(4,5)6/h9-10,13-16,19,34,39H,11-12H2,1-8H3,(H2,32,36). The van der Waals surface area contributed by atoms with Gasteiger partial charge in [0.15, 0.2) is 19.6 Å². The minimum atomic E-state index is -1.87. The van der Waals surface area contributed by atoms with Crippen molar-refractivity contribution in [2.75, 3.05) is 11.9 Å². The summed E-state index contributed by atoms with van der Waals surface area (Å²) in [4.78, 5) is 17.8. The van der Waals surface area contributed by atoms with E-state index in [1.54, 1.807) is 25.3 Å². The number of fused-ring (bicyclic) bond motifs is 1. The maximum absolute atomic E-state index is 13.6. The van der Waals surface area contributed by atoms with Crippen LogP contribution in [0, 0.1) is 13.8 Å². The molecule has 10 nitrogen and oxygen atoms in total. The van der Waals surface area contributed by atoms with E-state index in [1.165, 1.54) is 0 Å². The second kappa shape index (κ2) is 11.9. The molecule has 0 aliphatic rings. The third kappa shape index (κ3) is 6.38. The van der Waals surface area contributed by atoms with Crippen molar-refractivity contribution in [3.05, 3.63) is 74.4 Å². The van der Waals surface area contributed by atoms with Crippen LogP contribution in [0.15, 0.2) is 51.0 Å². The number of hydrogen-bond acceptors (Lipinski definition) is 8. The molecular weight excluding hydrogens is 572 g/mol. The van der Waals surface area contributed by atoms with Crippen LogP contribution in [0.5, 0.6) is 0 Å². The lowest BCUT2D eigenvalue weighted by molar-refractivity contribution is 0.266. The van der Waals surface area contributed by atoms with Gasteiger partial charge in [0, 0.05) is 17.3 Å². The van der Waals surface area contributed by atoms with Gasteiger partial charge in [-0.1, -0.05) is 43.6 Å². The summed E-state index contributed by atoms with van der Waals surface area (Å²) in [5.74, 6) is 0.282. The third-order valence-electron chi connectivity index (χ3n) is 7.93. The molecule has 1 aromatic carbocycles. The minimum absolute atomic E-state index is 0.108. The van der Waals surface area contributed by atoms with Gasteiger partial charge in [-0.15, -0.1) is 0 Å². The van der Waals surface area contributed by atoms with Gasteiger partial charge in [0.1, 0.15) is 22.2 Å². The van der Waals surface area contributed by atoms with Crippen LogP contribution in [0.3, 0.4) is 0 Å². The number of aromatic nitrogens is 3. The number of anilines is 1. The predicted octanol–water partition coefficient (Wildman–Crippen LogP) is 6.61. The molecule has 4 rings (SSSR count). The molecule has 0 amide bonds. The number of benzene rings is 1. The van der Waals surface area contributed by atoms with Gasteiger partial charge >= 0.3 is 0 Å². The number of amidine groups is 1. The Morgan fingerprint density at radius 3 is 2.67 bits per heavy atom. The molecule has 4 N–H and O–H groups in total. The molecular formula is C30H39ClN6O4Si. The highest BCUT2D eigenvalue weighted by Crippen LogP contribution is 2.36. The third-order valence-corrected chi connectivity index (χ3v) is 12.7. The van der Waals surface area contributed by atoms with E-state index in [-0.39, 0.29) is 33.2 Å². The largest absolute Gasteiger partial charge is 0.455 e. The van der Waals surface area contributed by atoms with Crippen molar-refractivity contribution in [3.8, 4) is 11.3 Å². The molecule has 42 heavy (non-hydrogen) atoms. The van der Waals surface area contributed by atoms with Crippen molar-refractivity contribution < 1.29 is 14.1 Å². The van der Waals surface area contributed by atoms with Crippen LogP contribution in [0.4, 0.5) is 5.69 Å². The molecule has 0 spiro atoms. The van der Waals surface area contributed by atoms with E-state index < -0.39 is 8.32 Å². The molecule has 0 aliphatic carbocycles. The van der Waals surface area contributed by atoms with Crippen LogP contribution < -0.4 is 16.5 Å². The first-order valence-electron chi connectivity index (χ1n) is 13.8. The fourth-order valence-corrected chi connectivity index (χ4v) is 5.67. The summed E-state index contributed by atoms with van der Waals surface area (Å²) in [6, 6.07) is 6.76. The second-order valence-electron chi connectivity index (χ2n) is 12.1. The summed E-state index contributed by atoms with van der Waals surface area (Å²) in [5.41, 5.74) is 9.81. The van der Waals surface area contributed by atoms with E-state index in [1.807, 2.05) is 36.9 Å². The highest BCUT2D eigenvalue weighted by Gasteiger charge is 2.36. The van der Waals surface area contributed by atoms with E-state index >= 15 is 0 Å². The molecule has 0 saturated heterocycles. The summed E-state index contributed by atoms with van der Waals surface area (Å²) in [5, 5.41) is 21.0. The van der Waals surface area contributed by atoms with Crippen molar-refractivity contribution in [1.29, 1.82) is 0 Å². The Balaban J connectivity index is 1.70. The molecule has 0 bridgehead atoms. The number of nitrogens with one attached hydrogen (secondary N) is 1. The van der Waals surface area contributed by atoms with Gasteiger partial charge in [-0.2, -0.15) is 5.10 Å². The molecule has 0 aliphatic heterocycles. The Labute approximate surface area is 251 Å². The number of halogens is 1. The number of nitrogens with zero attached hydrogens (tertiary/aromatic N) is 4. The molecule has 224 valence electrons. The number of pyridine rings is 1. The van der Waals surface area contributed by atoms with E-state index in [4.69, 9.17) is 26.2 Å². The molecule has 1 atom stereocenters. The maximum Gasteiger partial charge on any atom is 0.196 e. The van der Waals surface area contributed by atoms with Gasteiger partial charge < -0.3 is 25.1 Å². The van der Waals surface area contributed by atoms with Crippen molar-refractivity contribution in [2.45, 2.75) is 72.3 Å². The lowest BCUT2D eigenvalue weighted by Crippen LogP contribution is -2.41. The molecule has 12 heteroatoms. The first-order chi connectivity index (χ1) is 19.6. The van der Waals surface area contributed by atoms with Crippen molar-refractivity contribution in [1.82, 2.24) is 14.8 Å². The second-order valence-corrected chi connectivity index (χ2v) is 17.3. The Bertz CT molecular complexity index is 1710. The smallest absolute Gasteiger partial charge is 0.196 e. The topological polar surface area (TPSA) is 141 Å². The normalized spacial score (nSPS) is 13.5. The summed E-state index contributed by atoms with van der Waals surface area (Å²) >= 11 is 6.05.